The van der Waals surface area contributed by atoms with E-state index in [9.17, 15) is 17.6 Å². The highest BCUT2D eigenvalue weighted by Gasteiger charge is 2.35. The molecule has 0 fully saturated rings. The lowest BCUT2D eigenvalue weighted by Crippen LogP contribution is -2.03. The van der Waals surface area contributed by atoms with Crippen LogP contribution in [0.1, 0.15) is 5.56 Å². The molecule has 1 aromatic carbocycles. The molecule has 14 heavy (non-hydrogen) atoms. The van der Waals surface area contributed by atoms with Gasteiger partial charge in [-0.1, -0.05) is 6.07 Å². The van der Waals surface area contributed by atoms with Crippen LogP contribution in [0.5, 0.6) is 0 Å². The lowest BCUT2D eigenvalue weighted by Gasteiger charge is -2.02. The summed E-state index contributed by atoms with van der Waals surface area (Å²) in [5, 5.41) is -0.514. The smallest absolute Gasteiger partial charge is 0.420 e. The van der Waals surface area contributed by atoms with Crippen molar-refractivity contribution in [2.24, 2.45) is 0 Å². The molecule has 1 aromatic heterocycles. The molecular formula is C9H4F4O. The van der Waals surface area contributed by atoms with Crippen LogP contribution in [-0.4, -0.2) is 0 Å². The molecule has 0 bridgehead atoms. The molecule has 1 heterocycles. The Morgan fingerprint density at radius 2 is 1.86 bits per heavy atom. The average molecular weight is 204 g/mol. The summed E-state index contributed by atoms with van der Waals surface area (Å²) < 4.78 is 54.6. The Balaban J connectivity index is 2.80. The first-order valence-electron chi connectivity index (χ1n) is 3.73. The number of hydrogen-bond donors (Lipinski definition) is 0. The van der Waals surface area contributed by atoms with Crippen molar-refractivity contribution >= 4 is 11.0 Å². The molecular weight excluding hydrogens is 200 g/mol. The summed E-state index contributed by atoms with van der Waals surface area (Å²) in [7, 11) is 0. The lowest BCUT2D eigenvalue weighted by atomic mass is 10.1. The maximum atomic E-state index is 13.1. The van der Waals surface area contributed by atoms with Gasteiger partial charge in [-0.25, -0.2) is 4.39 Å². The molecule has 0 atom stereocenters. The summed E-state index contributed by atoms with van der Waals surface area (Å²) in [6.07, 6.45) is -4.07. The molecule has 0 aliphatic rings. The monoisotopic (exact) mass is 204 g/mol. The van der Waals surface area contributed by atoms with Crippen molar-refractivity contribution in [3.63, 3.8) is 0 Å². The van der Waals surface area contributed by atoms with E-state index in [0.29, 0.717) is 6.26 Å². The average Bonchev–Trinajstić information content (AvgIpc) is 2.47. The van der Waals surface area contributed by atoms with Gasteiger partial charge in [-0.3, -0.25) is 0 Å². The first-order chi connectivity index (χ1) is 6.50. The highest BCUT2D eigenvalue weighted by Crippen LogP contribution is 2.36. The summed E-state index contributed by atoms with van der Waals surface area (Å²) >= 11 is 0. The topological polar surface area (TPSA) is 13.1 Å². The second-order valence-electron chi connectivity index (χ2n) is 2.76. The third-order valence-corrected chi connectivity index (χ3v) is 1.85. The summed E-state index contributed by atoms with van der Waals surface area (Å²) in [4.78, 5) is 0. The normalized spacial score (nSPS) is 12.3. The second-order valence-corrected chi connectivity index (χ2v) is 2.76. The van der Waals surface area contributed by atoms with E-state index in [-0.39, 0.29) is 5.58 Å². The molecule has 0 aliphatic heterocycles. The number of hydrogen-bond acceptors (Lipinski definition) is 1. The Kier molecular flexibility index (Phi) is 1.77. The Hall–Kier alpha value is -1.52. The fourth-order valence-electron chi connectivity index (χ4n) is 1.25. The van der Waals surface area contributed by atoms with E-state index in [1.54, 1.807) is 0 Å². The van der Waals surface area contributed by atoms with Crippen LogP contribution in [-0.2, 0) is 6.18 Å². The zero-order valence-corrected chi connectivity index (χ0v) is 6.73. The number of benzene rings is 1. The van der Waals surface area contributed by atoms with Crippen molar-refractivity contribution in [1.29, 1.82) is 0 Å². The Labute approximate surface area is 75.9 Å². The van der Waals surface area contributed by atoms with Crippen LogP contribution in [0.3, 0.4) is 0 Å². The lowest BCUT2D eigenvalue weighted by molar-refractivity contribution is -0.136. The summed E-state index contributed by atoms with van der Waals surface area (Å²) in [6, 6.07) is 3.54. The molecule has 74 valence electrons. The maximum Gasteiger partial charge on any atom is 0.420 e. The van der Waals surface area contributed by atoms with E-state index >= 15 is 0 Å². The van der Waals surface area contributed by atoms with E-state index in [2.05, 4.69) is 4.42 Å². The molecule has 0 saturated heterocycles. The van der Waals surface area contributed by atoms with Crippen molar-refractivity contribution in [2.75, 3.05) is 0 Å². The molecule has 1 nitrogen and oxygen atoms in total. The predicted octanol–water partition coefficient (Wildman–Crippen LogP) is 3.59. The van der Waals surface area contributed by atoms with Crippen LogP contribution in [0.4, 0.5) is 17.6 Å². The minimum Gasteiger partial charge on any atom is -0.464 e. The van der Waals surface area contributed by atoms with Gasteiger partial charge in [0, 0.05) is 0 Å². The van der Waals surface area contributed by atoms with Crippen molar-refractivity contribution in [1.82, 2.24) is 0 Å². The van der Waals surface area contributed by atoms with Gasteiger partial charge >= 0.3 is 6.18 Å². The van der Waals surface area contributed by atoms with Crippen molar-refractivity contribution < 1.29 is 22.0 Å². The van der Waals surface area contributed by atoms with Crippen LogP contribution in [0.15, 0.2) is 28.9 Å². The summed E-state index contributed by atoms with van der Waals surface area (Å²) in [5.41, 5.74) is -1.18. The van der Waals surface area contributed by atoms with E-state index in [0.717, 1.165) is 6.07 Å². The standard InChI is InChI=1S/C9H4F4O/c10-6-2-1-3-7-8(6)5(4-14-7)9(11,12)13/h1-4H. The van der Waals surface area contributed by atoms with Crippen LogP contribution >= 0.6 is 0 Å². The van der Waals surface area contributed by atoms with Crippen LogP contribution in [0.25, 0.3) is 11.0 Å². The Morgan fingerprint density at radius 3 is 2.50 bits per heavy atom. The van der Waals surface area contributed by atoms with Crippen molar-refractivity contribution in [3.8, 4) is 0 Å². The minimum atomic E-state index is -4.59. The summed E-state index contributed by atoms with van der Waals surface area (Å²) in [6.45, 7) is 0. The van der Waals surface area contributed by atoms with Crippen LogP contribution in [0, 0.1) is 5.82 Å². The van der Waals surface area contributed by atoms with E-state index in [1.807, 2.05) is 0 Å². The first kappa shape index (κ1) is 9.05. The second kappa shape index (κ2) is 2.73. The first-order valence-corrected chi connectivity index (χ1v) is 3.73. The molecule has 0 N–H and O–H groups in total. The van der Waals surface area contributed by atoms with Crippen LogP contribution < -0.4 is 0 Å². The number of fused-ring (bicyclic) bond motifs is 1. The molecule has 0 amide bonds. The number of alkyl halides is 3. The van der Waals surface area contributed by atoms with Gasteiger partial charge in [0.15, 0.2) is 0 Å². The Bertz CT molecular complexity index is 469. The third-order valence-electron chi connectivity index (χ3n) is 1.85. The van der Waals surface area contributed by atoms with Gasteiger partial charge in [-0.15, -0.1) is 0 Å². The number of furan rings is 1. The number of halogens is 4. The van der Waals surface area contributed by atoms with Gasteiger partial charge in [0.2, 0.25) is 0 Å². The molecule has 0 spiro atoms. The van der Waals surface area contributed by atoms with E-state index < -0.39 is 22.9 Å². The Morgan fingerprint density at radius 1 is 1.14 bits per heavy atom. The molecule has 2 rings (SSSR count). The fourth-order valence-corrected chi connectivity index (χ4v) is 1.25. The molecule has 0 saturated carbocycles. The molecule has 0 radical (unpaired) electrons. The molecule has 5 heteroatoms. The van der Waals surface area contributed by atoms with Gasteiger partial charge in [0.1, 0.15) is 23.2 Å². The summed E-state index contributed by atoms with van der Waals surface area (Å²) in [5.74, 6) is -0.927. The highest BCUT2D eigenvalue weighted by molar-refractivity contribution is 5.82. The van der Waals surface area contributed by atoms with Gasteiger partial charge in [0.05, 0.1) is 5.39 Å². The van der Waals surface area contributed by atoms with Crippen LogP contribution in [0.2, 0.25) is 0 Å². The van der Waals surface area contributed by atoms with Gasteiger partial charge in [0.25, 0.3) is 0 Å². The van der Waals surface area contributed by atoms with Gasteiger partial charge in [-0.05, 0) is 12.1 Å². The number of rotatable bonds is 0. The van der Waals surface area contributed by atoms with E-state index in [4.69, 9.17) is 0 Å². The zero-order valence-electron chi connectivity index (χ0n) is 6.73. The molecule has 2 aromatic rings. The van der Waals surface area contributed by atoms with Crippen molar-refractivity contribution in [3.05, 3.63) is 35.8 Å². The largest absolute Gasteiger partial charge is 0.464 e. The molecule has 0 unspecified atom stereocenters. The SMILES string of the molecule is Fc1cccc2occ(C(F)(F)F)c12. The minimum absolute atomic E-state index is 0.0997. The third kappa shape index (κ3) is 1.25. The fraction of sp³-hybridized carbons (Fsp3) is 0.111. The predicted molar refractivity (Wildman–Crippen MR) is 41.2 cm³/mol. The maximum absolute atomic E-state index is 13.1. The van der Waals surface area contributed by atoms with Gasteiger partial charge in [-0.2, -0.15) is 13.2 Å². The highest BCUT2D eigenvalue weighted by atomic mass is 19.4. The molecule has 0 aliphatic carbocycles. The van der Waals surface area contributed by atoms with Gasteiger partial charge < -0.3 is 4.42 Å². The van der Waals surface area contributed by atoms with E-state index in [1.165, 1.54) is 12.1 Å². The quantitative estimate of drug-likeness (QED) is 0.597. The zero-order chi connectivity index (χ0) is 10.3. The van der Waals surface area contributed by atoms with Crippen molar-refractivity contribution in [2.45, 2.75) is 6.18 Å².